The maximum absolute atomic E-state index is 12.2. The van der Waals surface area contributed by atoms with Crippen LogP contribution in [-0.4, -0.2) is 15.9 Å². The lowest BCUT2D eigenvalue weighted by Crippen LogP contribution is -2.12. The molecule has 3 aromatic rings. The average Bonchev–Trinajstić information content (AvgIpc) is 2.62. The third-order valence-electron chi connectivity index (χ3n) is 3.36. The molecule has 120 valence electrons. The van der Waals surface area contributed by atoms with Gasteiger partial charge in [-0.05, 0) is 57.9 Å². The van der Waals surface area contributed by atoms with Gasteiger partial charge >= 0.3 is 0 Å². The van der Waals surface area contributed by atoms with Crippen molar-refractivity contribution in [3.63, 3.8) is 0 Å². The molecular weight excluding hydrogens is 368 g/mol. The molecule has 0 aliphatic carbocycles. The molecule has 2 N–H and O–H groups in total. The third-order valence-corrected chi connectivity index (χ3v) is 4.05. The first-order valence-electron chi connectivity index (χ1n) is 7.37. The number of aromatic nitrogens is 2. The lowest BCUT2D eigenvalue weighted by molar-refractivity contribution is 0.102. The summed E-state index contributed by atoms with van der Waals surface area (Å²) in [6.45, 7) is 0.665. The van der Waals surface area contributed by atoms with Gasteiger partial charge in [0.15, 0.2) is 0 Å². The summed E-state index contributed by atoms with van der Waals surface area (Å²) in [5.74, 6) is 0.562. The summed E-state index contributed by atoms with van der Waals surface area (Å²) < 4.78 is 0.756. The Morgan fingerprint density at radius 2 is 1.83 bits per heavy atom. The number of halogens is 1. The van der Waals surface area contributed by atoms with Gasteiger partial charge in [-0.3, -0.25) is 9.78 Å². The van der Waals surface area contributed by atoms with Gasteiger partial charge in [0.25, 0.3) is 5.91 Å². The molecule has 0 atom stereocenters. The fourth-order valence-electron chi connectivity index (χ4n) is 2.11. The van der Waals surface area contributed by atoms with E-state index in [1.165, 1.54) is 0 Å². The van der Waals surface area contributed by atoms with Crippen molar-refractivity contribution in [2.45, 2.75) is 6.54 Å². The molecule has 0 saturated carbocycles. The molecule has 0 unspecified atom stereocenters. The lowest BCUT2D eigenvalue weighted by atomic mass is 10.2. The molecule has 0 spiro atoms. The van der Waals surface area contributed by atoms with Crippen LogP contribution in [0.3, 0.4) is 0 Å². The van der Waals surface area contributed by atoms with Crippen LogP contribution in [0.5, 0.6) is 0 Å². The quantitative estimate of drug-likeness (QED) is 0.696. The molecule has 2 aromatic heterocycles. The molecular formula is C18H15BrN4O. The highest BCUT2D eigenvalue weighted by Crippen LogP contribution is 2.18. The van der Waals surface area contributed by atoms with E-state index >= 15 is 0 Å². The Morgan fingerprint density at radius 3 is 2.54 bits per heavy atom. The van der Waals surface area contributed by atoms with Crippen LogP contribution < -0.4 is 10.6 Å². The van der Waals surface area contributed by atoms with E-state index in [0.29, 0.717) is 17.8 Å². The number of carbonyl (C=O) groups is 1. The van der Waals surface area contributed by atoms with Crippen molar-refractivity contribution in [1.29, 1.82) is 0 Å². The van der Waals surface area contributed by atoms with Gasteiger partial charge in [0.1, 0.15) is 5.82 Å². The van der Waals surface area contributed by atoms with E-state index in [9.17, 15) is 4.79 Å². The SMILES string of the molecule is O=C(Nc1ccc(NCc2ccncc2)nc1)c1ccccc1Br. The van der Waals surface area contributed by atoms with Gasteiger partial charge in [-0.15, -0.1) is 0 Å². The zero-order valence-corrected chi connectivity index (χ0v) is 14.3. The monoisotopic (exact) mass is 382 g/mol. The molecule has 3 rings (SSSR count). The first kappa shape index (κ1) is 16.1. The van der Waals surface area contributed by atoms with E-state index < -0.39 is 0 Å². The summed E-state index contributed by atoms with van der Waals surface area (Å²) in [6.07, 6.45) is 5.14. The van der Waals surface area contributed by atoms with Crippen molar-refractivity contribution >= 4 is 33.3 Å². The molecule has 0 radical (unpaired) electrons. The second-order valence-corrected chi connectivity index (χ2v) is 5.93. The Morgan fingerprint density at radius 1 is 1.04 bits per heavy atom. The van der Waals surface area contributed by atoms with Crippen LogP contribution in [0, 0.1) is 0 Å². The molecule has 24 heavy (non-hydrogen) atoms. The molecule has 5 nitrogen and oxygen atoms in total. The maximum atomic E-state index is 12.2. The summed E-state index contributed by atoms with van der Waals surface area (Å²) >= 11 is 3.37. The zero-order chi connectivity index (χ0) is 16.8. The first-order valence-corrected chi connectivity index (χ1v) is 8.16. The number of pyridine rings is 2. The van der Waals surface area contributed by atoms with Crippen molar-refractivity contribution < 1.29 is 4.79 Å². The molecule has 0 saturated heterocycles. The number of hydrogen-bond donors (Lipinski definition) is 2. The third kappa shape index (κ3) is 4.17. The van der Waals surface area contributed by atoms with Gasteiger partial charge in [0, 0.05) is 23.4 Å². The Hall–Kier alpha value is -2.73. The zero-order valence-electron chi connectivity index (χ0n) is 12.7. The average molecular weight is 383 g/mol. The van der Waals surface area contributed by atoms with Crippen LogP contribution in [-0.2, 0) is 6.54 Å². The molecule has 0 fully saturated rings. The molecule has 0 bridgehead atoms. The standard InChI is InChI=1S/C18H15BrN4O/c19-16-4-2-1-3-15(16)18(24)23-14-5-6-17(22-12-14)21-11-13-7-9-20-10-8-13/h1-10,12H,11H2,(H,21,22)(H,23,24). The number of carbonyl (C=O) groups excluding carboxylic acids is 1. The van der Waals surface area contributed by atoms with Crippen molar-refractivity contribution in [2.24, 2.45) is 0 Å². The van der Waals surface area contributed by atoms with Crippen LogP contribution in [0.2, 0.25) is 0 Å². The van der Waals surface area contributed by atoms with Gasteiger partial charge in [0.2, 0.25) is 0 Å². The normalized spacial score (nSPS) is 10.2. The Labute approximate surface area is 148 Å². The minimum atomic E-state index is -0.179. The summed E-state index contributed by atoms with van der Waals surface area (Å²) in [5.41, 5.74) is 2.35. The van der Waals surface area contributed by atoms with E-state index in [1.54, 1.807) is 24.7 Å². The Bertz CT molecular complexity index is 822. The van der Waals surface area contributed by atoms with Crippen LogP contribution in [0.15, 0.2) is 71.6 Å². The summed E-state index contributed by atoms with van der Waals surface area (Å²) in [4.78, 5) is 20.5. The molecule has 2 heterocycles. The van der Waals surface area contributed by atoms with Gasteiger partial charge in [-0.1, -0.05) is 12.1 Å². The van der Waals surface area contributed by atoms with Gasteiger partial charge in [-0.2, -0.15) is 0 Å². The summed E-state index contributed by atoms with van der Waals surface area (Å²) in [5, 5.41) is 6.06. The smallest absolute Gasteiger partial charge is 0.256 e. The predicted molar refractivity (Wildman–Crippen MR) is 97.9 cm³/mol. The van der Waals surface area contributed by atoms with E-state index in [-0.39, 0.29) is 5.91 Å². The van der Waals surface area contributed by atoms with Crippen molar-refractivity contribution in [1.82, 2.24) is 9.97 Å². The highest BCUT2D eigenvalue weighted by molar-refractivity contribution is 9.10. The van der Waals surface area contributed by atoms with Crippen molar-refractivity contribution in [3.8, 4) is 0 Å². The van der Waals surface area contributed by atoms with E-state index in [0.717, 1.165) is 15.9 Å². The fourth-order valence-corrected chi connectivity index (χ4v) is 2.57. The molecule has 1 amide bonds. The second kappa shape index (κ2) is 7.70. The largest absolute Gasteiger partial charge is 0.366 e. The minimum Gasteiger partial charge on any atom is -0.366 e. The van der Waals surface area contributed by atoms with Crippen LogP contribution in [0.4, 0.5) is 11.5 Å². The number of nitrogens with zero attached hydrogens (tertiary/aromatic N) is 2. The van der Waals surface area contributed by atoms with Gasteiger partial charge < -0.3 is 10.6 Å². The van der Waals surface area contributed by atoms with Gasteiger partial charge in [0.05, 0.1) is 17.4 Å². The number of benzene rings is 1. The van der Waals surface area contributed by atoms with Crippen LogP contribution in [0.25, 0.3) is 0 Å². The minimum absolute atomic E-state index is 0.179. The topological polar surface area (TPSA) is 66.9 Å². The number of hydrogen-bond acceptors (Lipinski definition) is 4. The van der Waals surface area contributed by atoms with Gasteiger partial charge in [-0.25, -0.2) is 4.98 Å². The highest BCUT2D eigenvalue weighted by atomic mass is 79.9. The molecule has 1 aromatic carbocycles. The summed E-state index contributed by atoms with van der Waals surface area (Å²) in [6, 6.07) is 14.8. The molecule has 0 aliphatic rings. The Balaban J connectivity index is 1.60. The van der Waals surface area contributed by atoms with E-state index in [2.05, 4.69) is 36.5 Å². The second-order valence-electron chi connectivity index (χ2n) is 5.08. The Kier molecular flexibility index (Phi) is 5.18. The number of anilines is 2. The molecule has 0 aliphatic heterocycles. The fraction of sp³-hybridized carbons (Fsp3) is 0.0556. The number of amides is 1. The van der Waals surface area contributed by atoms with Crippen molar-refractivity contribution in [2.75, 3.05) is 10.6 Å². The highest BCUT2D eigenvalue weighted by Gasteiger charge is 2.09. The number of nitrogens with one attached hydrogen (secondary N) is 2. The van der Waals surface area contributed by atoms with E-state index in [4.69, 9.17) is 0 Å². The predicted octanol–water partition coefficient (Wildman–Crippen LogP) is 4.10. The van der Waals surface area contributed by atoms with E-state index in [1.807, 2.05) is 42.5 Å². The first-order chi connectivity index (χ1) is 11.7. The molecule has 6 heteroatoms. The maximum Gasteiger partial charge on any atom is 0.256 e. The summed E-state index contributed by atoms with van der Waals surface area (Å²) in [7, 11) is 0. The van der Waals surface area contributed by atoms with Crippen LogP contribution in [0.1, 0.15) is 15.9 Å². The lowest BCUT2D eigenvalue weighted by Gasteiger charge is -2.08. The number of rotatable bonds is 5. The van der Waals surface area contributed by atoms with Crippen LogP contribution >= 0.6 is 15.9 Å². The van der Waals surface area contributed by atoms with Crippen molar-refractivity contribution in [3.05, 3.63) is 82.7 Å².